The Morgan fingerprint density at radius 1 is 0.767 bits per heavy atom. The number of hydrogen-bond donors (Lipinski definition) is 0. The minimum absolute atomic E-state index is 0.277. The van der Waals surface area contributed by atoms with Gasteiger partial charge in [-0.3, -0.25) is 10.1 Å². The molecule has 0 aromatic rings. The van der Waals surface area contributed by atoms with Crippen LogP contribution < -0.4 is 0 Å². The van der Waals surface area contributed by atoms with E-state index in [9.17, 15) is 10.1 Å². The Bertz CT molecular complexity index is 687. The van der Waals surface area contributed by atoms with Crippen LogP contribution in [-0.2, 0) is 18.9 Å². The van der Waals surface area contributed by atoms with E-state index in [2.05, 4.69) is 0 Å². The molecule has 0 bridgehead atoms. The Balaban J connectivity index is 1.62. The quantitative estimate of drug-likeness (QED) is 0.342. The molecule has 0 N–H and O–H groups in total. The first-order valence-corrected chi connectivity index (χ1v) is 11.1. The number of rotatable bonds is 4. The number of likely N-dealkylation sites (tertiary alicyclic amines) is 2. The van der Waals surface area contributed by atoms with Gasteiger partial charge < -0.3 is 28.7 Å². The van der Waals surface area contributed by atoms with Crippen molar-refractivity contribution in [2.24, 2.45) is 0 Å². The van der Waals surface area contributed by atoms with E-state index in [0.29, 0.717) is 84.1 Å². The normalized spacial score (nSPS) is 25.0. The maximum atomic E-state index is 12.0. The molecular weight excluding hydrogens is 461 g/mol. The minimum Gasteiger partial charge on any atom is -0.352 e. The van der Waals surface area contributed by atoms with Gasteiger partial charge >= 0.3 is 5.70 Å². The number of nitrogens with zero attached hydrogens (tertiary/aromatic N) is 3. The van der Waals surface area contributed by atoms with Crippen LogP contribution in [0.3, 0.4) is 0 Å². The summed E-state index contributed by atoms with van der Waals surface area (Å²) >= 11 is 17.9. The van der Waals surface area contributed by atoms with Gasteiger partial charge in [0, 0.05) is 51.9 Å². The van der Waals surface area contributed by atoms with Gasteiger partial charge in [-0.15, -0.1) is 0 Å². The first-order chi connectivity index (χ1) is 14.3. The predicted molar refractivity (Wildman–Crippen MR) is 109 cm³/mol. The molecule has 4 fully saturated rings. The number of halogens is 3. The van der Waals surface area contributed by atoms with Crippen LogP contribution in [0.5, 0.6) is 0 Å². The average Bonchev–Trinajstić information content (AvgIpc) is 3.37. The van der Waals surface area contributed by atoms with Gasteiger partial charge in [-0.2, -0.15) is 0 Å². The van der Waals surface area contributed by atoms with Crippen molar-refractivity contribution in [3.8, 4) is 0 Å². The molecule has 30 heavy (non-hydrogen) atoms. The third kappa shape index (κ3) is 4.39. The Hall–Kier alpha value is -0.810. The first kappa shape index (κ1) is 22.4. The molecule has 0 radical (unpaired) electrons. The van der Waals surface area contributed by atoms with Crippen LogP contribution in [0.15, 0.2) is 21.0 Å². The summed E-state index contributed by atoms with van der Waals surface area (Å²) in [6, 6.07) is 0. The molecule has 0 unspecified atom stereocenters. The van der Waals surface area contributed by atoms with Gasteiger partial charge in [0.25, 0.3) is 0 Å². The molecule has 4 heterocycles. The lowest BCUT2D eigenvalue weighted by Gasteiger charge is -2.45. The molecule has 0 atom stereocenters. The number of nitro groups is 1. The Labute approximate surface area is 189 Å². The van der Waals surface area contributed by atoms with E-state index >= 15 is 0 Å². The molecule has 0 amide bonds. The van der Waals surface area contributed by atoms with E-state index in [1.54, 1.807) is 0 Å². The molecule has 4 saturated heterocycles. The highest BCUT2D eigenvalue weighted by molar-refractivity contribution is 6.59. The molecule has 2 spiro atoms. The molecule has 0 aromatic carbocycles. The van der Waals surface area contributed by atoms with Gasteiger partial charge in [-0.05, 0) is 0 Å². The summed E-state index contributed by atoms with van der Waals surface area (Å²) in [6.45, 7) is 4.33. The molecular formula is C18H24Cl3N3O6. The molecule has 4 aliphatic rings. The van der Waals surface area contributed by atoms with Crippen LogP contribution in [-0.4, -0.2) is 78.9 Å². The van der Waals surface area contributed by atoms with Crippen molar-refractivity contribution in [1.29, 1.82) is 0 Å². The summed E-state index contributed by atoms with van der Waals surface area (Å²) in [5, 5.41) is 11.8. The van der Waals surface area contributed by atoms with Crippen molar-refractivity contribution in [2.45, 2.75) is 37.3 Å². The third-order valence-electron chi connectivity index (χ3n) is 6.04. The van der Waals surface area contributed by atoms with Crippen LogP contribution in [0.4, 0.5) is 0 Å². The Morgan fingerprint density at radius 2 is 1.13 bits per heavy atom. The third-order valence-corrected chi connectivity index (χ3v) is 6.98. The van der Waals surface area contributed by atoms with Crippen LogP contribution in [0, 0.1) is 10.1 Å². The highest BCUT2D eigenvalue weighted by Crippen LogP contribution is 2.39. The Kier molecular flexibility index (Phi) is 6.70. The van der Waals surface area contributed by atoms with Gasteiger partial charge in [0.05, 0.1) is 31.4 Å². The molecule has 4 rings (SSSR count). The molecule has 0 aromatic heterocycles. The lowest BCUT2D eigenvalue weighted by molar-refractivity contribution is -0.423. The summed E-state index contributed by atoms with van der Waals surface area (Å²) in [4.78, 5) is 15.4. The fraction of sp³-hybridized carbons (Fsp3) is 0.778. The molecule has 0 aliphatic carbocycles. The Morgan fingerprint density at radius 3 is 1.43 bits per heavy atom. The molecule has 9 nitrogen and oxygen atoms in total. The van der Waals surface area contributed by atoms with E-state index in [4.69, 9.17) is 53.8 Å². The minimum atomic E-state index is -0.600. The fourth-order valence-electron chi connectivity index (χ4n) is 4.54. The zero-order chi connectivity index (χ0) is 21.4. The molecule has 12 heteroatoms. The van der Waals surface area contributed by atoms with Crippen molar-refractivity contribution in [3.05, 3.63) is 31.2 Å². The molecule has 168 valence electrons. The molecule has 4 aliphatic heterocycles. The van der Waals surface area contributed by atoms with Crippen LogP contribution in [0.2, 0.25) is 0 Å². The van der Waals surface area contributed by atoms with E-state index < -0.39 is 16.5 Å². The second-order valence-corrected chi connectivity index (χ2v) is 9.02. The van der Waals surface area contributed by atoms with Crippen molar-refractivity contribution < 1.29 is 23.9 Å². The van der Waals surface area contributed by atoms with Gasteiger partial charge in [-0.1, -0.05) is 34.8 Å². The fourth-order valence-corrected chi connectivity index (χ4v) is 4.87. The van der Waals surface area contributed by atoms with E-state index in [1.807, 2.05) is 9.80 Å². The lowest BCUT2D eigenvalue weighted by Crippen LogP contribution is -2.51. The SMILES string of the molecule is O=[N+]([O-])C(C(Cl)=C(Cl)Cl)=C(N1CCC2(CC1)OCCO2)N1CCC2(CC1)OCCO2. The second kappa shape index (κ2) is 8.97. The van der Waals surface area contributed by atoms with Crippen LogP contribution >= 0.6 is 34.8 Å². The van der Waals surface area contributed by atoms with Gasteiger partial charge in [0.1, 0.15) is 4.49 Å². The summed E-state index contributed by atoms with van der Waals surface area (Å²) < 4.78 is 22.8. The number of allylic oxidation sites excluding steroid dienone is 1. The standard InChI is InChI=1S/C18H24Cl3N3O6/c19-13(15(20)21)14(24(25)26)16(22-5-1-17(2-6-22)27-9-10-28-17)23-7-3-18(4-8-23)29-11-12-30-18/h1-12H2. The van der Waals surface area contributed by atoms with E-state index in [0.717, 1.165) is 0 Å². The van der Waals surface area contributed by atoms with Gasteiger partial charge in [0.15, 0.2) is 22.4 Å². The zero-order valence-electron chi connectivity index (χ0n) is 16.4. The predicted octanol–water partition coefficient (Wildman–Crippen LogP) is 3.00. The van der Waals surface area contributed by atoms with Crippen LogP contribution in [0.1, 0.15) is 25.7 Å². The summed E-state index contributed by atoms with van der Waals surface area (Å²) in [5.74, 6) is -0.792. The van der Waals surface area contributed by atoms with Crippen molar-refractivity contribution in [2.75, 3.05) is 52.6 Å². The van der Waals surface area contributed by atoms with Gasteiger partial charge in [0.2, 0.25) is 0 Å². The largest absolute Gasteiger partial charge is 0.352 e. The van der Waals surface area contributed by atoms with Crippen molar-refractivity contribution >= 4 is 34.8 Å². The number of ether oxygens (including phenoxy) is 4. The maximum absolute atomic E-state index is 12.0. The number of hydrogen-bond acceptors (Lipinski definition) is 8. The number of piperidine rings is 2. The highest BCUT2D eigenvalue weighted by atomic mass is 35.5. The van der Waals surface area contributed by atoms with Crippen LogP contribution in [0.25, 0.3) is 0 Å². The summed E-state index contributed by atoms with van der Waals surface area (Å²) in [7, 11) is 0. The summed E-state index contributed by atoms with van der Waals surface area (Å²) in [5.41, 5.74) is -0.301. The monoisotopic (exact) mass is 483 g/mol. The molecule has 0 saturated carbocycles. The van der Waals surface area contributed by atoms with Crippen molar-refractivity contribution in [1.82, 2.24) is 9.80 Å². The highest BCUT2D eigenvalue weighted by Gasteiger charge is 2.45. The zero-order valence-corrected chi connectivity index (χ0v) is 18.7. The maximum Gasteiger partial charge on any atom is 0.330 e. The smallest absolute Gasteiger partial charge is 0.330 e. The second-order valence-electron chi connectivity index (χ2n) is 7.69. The van der Waals surface area contributed by atoms with Gasteiger partial charge in [-0.25, -0.2) is 0 Å². The van der Waals surface area contributed by atoms with Crippen molar-refractivity contribution in [3.63, 3.8) is 0 Å². The van der Waals surface area contributed by atoms with E-state index in [-0.39, 0.29) is 15.2 Å². The lowest BCUT2D eigenvalue weighted by atomic mass is 10.0. The average molecular weight is 485 g/mol. The summed E-state index contributed by atoms with van der Waals surface area (Å²) in [6.07, 6.45) is 2.39. The first-order valence-electron chi connectivity index (χ1n) is 10.0. The topological polar surface area (TPSA) is 86.5 Å². The van der Waals surface area contributed by atoms with E-state index in [1.165, 1.54) is 0 Å².